The first-order valence-corrected chi connectivity index (χ1v) is 12.7. The Balaban J connectivity index is 1.39. The number of benzene rings is 2. The highest BCUT2D eigenvalue weighted by Crippen LogP contribution is 2.34. The zero-order chi connectivity index (χ0) is 28.4. The molecule has 1 aliphatic heterocycles. The highest BCUT2D eigenvalue weighted by atomic mass is 19.1. The zero-order valence-corrected chi connectivity index (χ0v) is 22.1. The van der Waals surface area contributed by atoms with Gasteiger partial charge in [-0.25, -0.2) is 14.2 Å². The first-order chi connectivity index (χ1) is 19.2. The van der Waals surface area contributed by atoms with Gasteiger partial charge >= 0.3 is 12.0 Å². The highest BCUT2D eigenvalue weighted by molar-refractivity contribution is 5.85. The Morgan fingerprint density at radius 3 is 2.60 bits per heavy atom. The third kappa shape index (κ3) is 5.51. The predicted molar refractivity (Wildman–Crippen MR) is 140 cm³/mol. The number of halogens is 1. The molecule has 2 aromatic carbocycles. The van der Waals surface area contributed by atoms with Crippen molar-refractivity contribution in [3.05, 3.63) is 53.3 Å². The Morgan fingerprint density at radius 2 is 1.90 bits per heavy atom. The monoisotopic (exact) mass is 550 g/mol. The second kappa shape index (κ2) is 11.2. The fourth-order valence-electron chi connectivity index (χ4n) is 4.66. The number of hydrogen-bond acceptors (Lipinski definition) is 9. The summed E-state index contributed by atoms with van der Waals surface area (Å²) in [5, 5.41) is 9.35. The van der Waals surface area contributed by atoms with Crippen LogP contribution in [0.2, 0.25) is 0 Å². The number of aliphatic carboxylic acids is 1. The van der Waals surface area contributed by atoms with Gasteiger partial charge in [0.1, 0.15) is 23.4 Å². The molecule has 1 aliphatic rings. The summed E-state index contributed by atoms with van der Waals surface area (Å²) in [7, 11) is 0. The highest BCUT2D eigenvalue weighted by Gasteiger charge is 2.34. The van der Waals surface area contributed by atoms with E-state index >= 15 is 0 Å². The minimum atomic E-state index is -1.01. The molecule has 11 nitrogen and oxygen atoms in total. The molecular weight excluding hydrogens is 523 g/mol. The molecule has 1 atom stereocenters. The van der Waals surface area contributed by atoms with Crippen molar-refractivity contribution >= 4 is 23.1 Å². The number of carbonyl (C=O) groups is 2. The van der Waals surface area contributed by atoms with Gasteiger partial charge < -0.3 is 28.6 Å². The Kier molecular flexibility index (Phi) is 7.50. The number of rotatable bonds is 9. The van der Waals surface area contributed by atoms with Crippen LogP contribution >= 0.6 is 0 Å². The lowest BCUT2D eigenvalue weighted by Crippen LogP contribution is -2.42. The molecule has 3 heterocycles. The average Bonchev–Trinajstić information content (AvgIpc) is 3.56. The van der Waals surface area contributed by atoms with Crippen LogP contribution < -0.4 is 14.2 Å². The van der Waals surface area contributed by atoms with Crippen LogP contribution in [0.25, 0.3) is 22.7 Å². The number of amides is 1. The van der Waals surface area contributed by atoms with Gasteiger partial charge in [0.05, 0.1) is 6.61 Å². The molecule has 2 aromatic heterocycles. The quantitative estimate of drug-likeness (QED) is 0.312. The SMILES string of the molecule is CCOc1nc(Oc2cccc(F)c2)nc2oc(-c3cc(C)c(OCC(=O)N4CCC[C@H]4C(=O)O)c(C)c3)nc12. The van der Waals surface area contributed by atoms with Crippen molar-refractivity contribution in [2.24, 2.45) is 0 Å². The summed E-state index contributed by atoms with van der Waals surface area (Å²) in [5.41, 5.74) is 2.51. The smallest absolute Gasteiger partial charge is 0.328 e. The lowest BCUT2D eigenvalue weighted by molar-refractivity contribution is -0.149. The van der Waals surface area contributed by atoms with Crippen molar-refractivity contribution < 1.29 is 37.7 Å². The van der Waals surface area contributed by atoms with Crippen molar-refractivity contribution in [1.82, 2.24) is 19.9 Å². The van der Waals surface area contributed by atoms with Gasteiger partial charge in [0.25, 0.3) is 17.5 Å². The molecule has 12 heteroatoms. The standard InChI is InChI=1S/C28H27FN4O7/c1-4-37-25-22-26(32-28(31-25)39-19-8-5-7-18(29)13-19)40-24(30-22)17-11-15(2)23(16(3)12-17)38-14-21(34)33-10-6-9-20(33)27(35)36/h5,7-8,11-13,20H,4,6,9-10,14H2,1-3H3,(H,35,36)/t20-/m0/s1. The zero-order valence-electron chi connectivity index (χ0n) is 22.1. The maximum atomic E-state index is 13.6. The summed E-state index contributed by atoms with van der Waals surface area (Å²) >= 11 is 0. The number of nitrogens with zero attached hydrogens (tertiary/aromatic N) is 4. The van der Waals surface area contributed by atoms with E-state index in [0.717, 1.165) is 11.1 Å². The Bertz CT molecular complexity index is 1570. The molecule has 5 rings (SSSR count). The molecule has 0 unspecified atom stereocenters. The van der Waals surface area contributed by atoms with E-state index in [9.17, 15) is 19.1 Å². The minimum absolute atomic E-state index is 0.0897. The summed E-state index contributed by atoms with van der Waals surface area (Å²) in [5.74, 6) is -0.708. The number of ether oxygens (including phenoxy) is 3. The molecule has 0 bridgehead atoms. The van der Waals surface area contributed by atoms with E-state index in [1.165, 1.54) is 23.1 Å². The van der Waals surface area contributed by atoms with E-state index in [1.54, 1.807) is 25.1 Å². The van der Waals surface area contributed by atoms with Crippen LogP contribution in [0.5, 0.6) is 23.4 Å². The molecule has 0 radical (unpaired) electrons. The van der Waals surface area contributed by atoms with Gasteiger partial charge in [0, 0.05) is 18.2 Å². The van der Waals surface area contributed by atoms with Crippen LogP contribution in [0.15, 0.2) is 40.8 Å². The second-order valence-electron chi connectivity index (χ2n) is 9.29. The van der Waals surface area contributed by atoms with E-state index < -0.39 is 17.8 Å². The van der Waals surface area contributed by atoms with Gasteiger partial charge in [0.15, 0.2) is 12.1 Å². The topological polar surface area (TPSA) is 137 Å². The van der Waals surface area contributed by atoms with Crippen molar-refractivity contribution in [1.29, 1.82) is 0 Å². The third-order valence-corrected chi connectivity index (χ3v) is 6.40. The largest absolute Gasteiger partial charge is 0.483 e. The van der Waals surface area contributed by atoms with Gasteiger partial charge in [-0.3, -0.25) is 4.79 Å². The summed E-state index contributed by atoms with van der Waals surface area (Å²) < 4.78 is 36.6. The number of carboxylic acids is 1. The van der Waals surface area contributed by atoms with E-state index in [2.05, 4.69) is 15.0 Å². The number of aromatic nitrogens is 3. The molecule has 40 heavy (non-hydrogen) atoms. The Morgan fingerprint density at radius 1 is 1.12 bits per heavy atom. The first-order valence-electron chi connectivity index (χ1n) is 12.7. The van der Waals surface area contributed by atoms with Gasteiger partial charge in [-0.2, -0.15) is 9.97 Å². The number of hydrogen-bond donors (Lipinski definition) is 1. The predicted octanol–water partition coefficient (Wildman–Crippen LogP) is 4.69. The molecule has 208 valence electrons. The van der Waals surface area contributed by atoms with Crippen molar-refractivity contribution in [2.45, 2.75) is 39.7 Å². The van der Waals surface area contributed by atoms with Crippen LogP contribution in [0.3, 0.4) is 0 Å². The maximum Gasteiger partial charge on any atom is 0.328 e. The normalized spacial score (nSPS) is 14.9. The lowest BCUT2D eigenvalue weighted by atomic mass is 10.1. The molecule has 1 fully saturated rings. The molecule has 0 aliphatic carbocycles. The third-order valence-electron chi connectivity index (χ3n) is 6.40. The molecule has 1 saturated heterocycles. The molecule has 0 saturated carbocycles. The number of aryl methyl sites for hydroxylation is 2. The number of carbonyl (C=O) groups excluding carboxylic acids is 1. The maximum absolute atomic E-state index is 13.6. The first kappa shape index (κ1) is 26.9. The molecule has 1 amide bonds. The number of oxazole rings is 1. The van der Waals surface area contributed by atoms with Crippen LogP contribution in [0, 0.1) is 19.7 Å². The average molecular weight is 551 g/mol. The van der Waals surface area contributed by atoms with E-state index in [-0.39, 0.29) is 41.8 Å². The summed E-state index contributed by atoms with van der Waals surface area (Å²) in [6.07, 6.45) is 1.08. The fraction of sp³-hybridized carbons (Fsp3) is 0.321. The van der Waals surface area contributed by atoms with Crippen molar-refractivity contribution in [3.63, 3.8) is 0 Å². The molecule has 4 aromatic rings. The molecule has 1 N–H and O–H groups in total. The van der Waals surface area contributed by atoms with E-state index in [0.29, 0.717) is 42.8 Å². The lowest BCUT2D eigenvalue weighted by Gasteiger charge is -2.22. The second-order valence-corrected chi connectivity index (χ2v) is 9.29. The van der Waals surface area contributed by atoms with Crippen molar-refractivity contribution in [2.75, 3.05) is 19.8 Å². The van der Waals surface area contributed by atoms with Gasteiger partial charge in [0.2, 0.25) is 5.89 Å². The van der Waals surface area contributed by atoms with Gasteiger partial charge in [-0.05, 0) is 69.0 Å². The fourth-order valence-corrected chi connectivity index (χ4v) is 4.66. The van der Waals surface area contributed by atoms with E-state index in [4.69, 9.17) is 18.6 Å². The Labute approximate surface area is 228 Å². The van der Waals surface area contributed by atoms with E-state index in [1.807, 2.05) is 13.8 Å². The molecular formula is C28H27FN4O7. The van der Waals surface area contributed by atoms with Crippen LogP contribution in [0.1, 0.15) is 30.9 Å². The van der Waals surface area contributed by atoms with Crippen LogP contribution in [-0.2, 0) is 9.59 Å². The summed E-state index contributed by atoms with van der Waals surface area (Å²) in [6, 6.07) is 8.27. The molecule has 0 spiro atoms. The van der Waals surface area contributed by atoms with Crippen LogP contribution in [0.4, 0.5) is 4.39 Å². The summed E-state index contributed by atoms with van der Waals surface area (Å²) in [6.45, 7) is 5.88. The van der Waals surface area contributed by atoms with Gasteiger partial charge in [-0.15, -0.1) is 0 Å². The number of carboxylic acid groups (broad SMARTS) is 1. The number of fused-ring (bicyclic) bond motifs is 1. The summed E-state index contributed by atoms with van der Waals surface area (Å²) in [4.78, 5) is 38.5. The Hall–Kier alpha value is -4.74. The van der Waals surface area contributed by atoms with Crippen LogP contribution in [-0.4, -0.2) is 62.6 Å². The van der Waals surface area contributed by atoms with Crippen molar-refractivity contribution in [3.8, 4) is 34.8 Å². The minimum Gasteiger partial charge on any atom is -0.483 e. The van der Waals surface area contributed by atoms with Gasteiger partial charge in [-0.1, -0.05) is 6.07 Å². The number of likely N-dealkylation sites (tertiary alicyclic amines) is 1.